The molecule has 0 radical (unpaired) electrons. The normalized spacial score (nSPS) is 12.9. The largest absolute Gasteiger partial charge is 0.404 e. The van der Waals surface area contributed by atoms with E-state index in [0.717, 1.165) is 13.8 Å². The van der Waals surface area contributed by atoms with Crippen LogP contribution >= 0.6 is 0 Å². The molecule has 52 valence electrons. The molecule has 0 aliphatic carbocycles. The quantitative estimate of drug-likeness (QED) is 0.448. The summed E-state index contributed by atoms with van der Waals surface area (Å²) < 4.78 is 35.1. The van der Waals surface area contributed by atoms with Crippen molar-refractivity contribution in [2.45, 2.75) is 20.0 Å². The van der Waals surface area contributed by atoms with Crippen molar-refractivity contribution < 1.29 is 13.2 Å². The summed E-state index contributed by atoms with van der Waals surface area (Å²) in [6, 6.07) is 0. The van der Waals surface area contributed by atoms with Crippen LogP contribution in [0.25, 0.3) is 0 Å². The molecule has 0 rings (SSSR count). The highest BCUT2D eigenvalue weighted by atomic mass is 19.4. The van der Waals surface area contributed by atoms with E-state index in [0.29, 0.717) is 0 Å². The Morgan fingerprint density at radius 1 is 1.22 bits per heavy atom. The lowest BCUT2D eigenvalue weighted by atomic mass is 9.94. The van der Waals surface area contributed by atoms with E-state index in [-0.39, 0.29) is 0 Å². The third-order valence-corrected chi connectivity index (χ3v) is 1.07. The number of alkyl halides is 3. The average molecular weight is 136 g/mol. The fourth-order valence-corrected chi connectivity index (χ4v) is 0.0818. The second-order valence-corrected chi connectivity index (χ2v) is 2.27. The molecule has 0 N–H and O–H groups in total. The van der Waals surface area contributed by atoms with Gasteiger partial charge in [-0.2, -0.15) is 13.2 Å². The van der Waals surface area contributed by atoms with Crippen LogP contribution in [-0.4, -0.2) is 6.18 Å². The van der Waals surface area contributed by atoms with Crippen molar-refractivity contribution in [1.29, 1.82) is 0 Å². The molecule has 0 aliphatic rings. The summed E-state index contributed by atoms with van der Waals surface area (Å²) in [5, 5.41) is 0. The third-order valence-electron chi connectivity index (χ3n) is 1.07. The molecule has 0 bridgehead atoms. The molecule has 0 fully saturated rings. The van der Waals surface area contributed by atoms with Crippen molar-refractivity contribution in [2.24, 2.45) is 5.41 Å². The average Bonchev–Trinajstić information content (AvgIpc) is 1.64. The van der Waals surface area contributed by atoms with E-state index in [4.69, 9.17) is 0 Å². The Balaban J connectivity index is 4.39. The minimum atomic E-state index is -4.29. The van der Waals surface area contributed by atoms with Crippen LogP contribution < -0.4 is 0 Å². The summed E-state index contributed by atoms with van der Waals surface area (Å²) >= 11 is 0. The first kappa shape index (κ1) is 8.35. The molecule has 0 atom stereocenters. The van der Waals surface area contributed by atoms with Gasteiger partial charge >= 0.3 is 6.18 Å². The van der Waals surface area contributed by atoms with Gasteiger partial charge in [0.25, 0.3) is 0 Å². The zero-order valence-corrected chi connectivity index (χ0v) is 5.21. The molecule has 0 aromatic carbocycles. The highest BCUT2D eigenvalue weighted by Gasteiger charge is 2.45. The Hall–Kier alpha value is -0.650. The van der Waals surface area contributed by atoms with Crippen LogP contribution in [0.5, 0.6) is 0 Å². The Morgan fingerprint density at radius 2 is 1.56 bits per heavy atom. The van der Waals surface area contributed by atoms with Crippen molar-refractivity contribution in [3.63, 3.8) is 0 Å². The molecule has 0 aromatic heterocycles. The fourth-order valence-electron chi connectivity index (χ4n) is 0.0818. The number of hydrogen-bond acceptors (Lipinski definition) is 0. The van der Waals surface area contributed by atoms with Crippen molar-refractivity contribution in [3.8, 4) is 12.3 Å². The molecule has 0 heterocycles. The maximum Gasteiger partial charge on any atom is 0.404 e. The predicted octanol–water partition coefficient (Wildman–Crippen LogP) is 2.21. The maximum atomic E-state index is 11.7. The molecule has 0 saturated carbocycles. The number of halogens is 3. The smallest absolute Gasteiger partial charge is 0.169 e. The maximum absolute atomic E-state index is 11.7. The molecule has 0 aromatic rings. The Bertz CT molecular complexity index is 135. The van der Waals surface area contributed by atoms with Crippen molar-refractivity contribution in [1.82, 2.24) is 0 Å². The monoisotopic (exact) mass is 136 g/mol. The Labute approximate surface area is 52.1 Å². The van der Waals surface area contributed by atoms with Crippen LogP contribution in [0.2, 0.25) is 0 Å². The van der Waals surface area contributed by atoms with Crippen molar-refractivity contribution in [3.05, 3.63) is 0 Å². The lowest BCUT2D eigenvalue weighted by Gasteiger charge is -2.20. The summed E-state index contributed by atoms with van der Waals surface area (Å²) in [5.41, 5.74) is -1.99. The topological polar surface area (TPSA) is 0 Å². The zero-order chi connectivity index (χ0) is 7.71. The van der Waals surface area contributed by atoms with Gasteiger partial charge in [0.1, 0.15) is 5.41 Å². The van der Waals surface area contributed by atoms with E-state index < -0.39 is 11.6 Å². The summed E-state index contributed by atoms with van der Waals surface area (Å²) in [6.07, 6.45) is 0.333. The molecular formula is C6H7F3. The van der Waals surface area contributed by atoms with Gasteiger partial charge in [-0.05, 0) is 13.8 Å². The molecule has 9 heavy (non-hydrogen) atoms. The summed E-state index contributed by atoms with van der Waals surface area (Å²) in [7, 11) is 0. The van der Waals surface area contributed by atoms with Gasteiger partial charge in [0.2, 0.25) is 0 Å². The van der Waals surface area contributed by atoms with Crippen LogP contribution in [0.3, 0.4) is 0 Å². The van der Waals surface area contributed by atoms with Crippen LogP contribution in [0.4, 0.5) is 13.2 Å². The summed E-state index contributed by atoms with van der Waals surface area (Å²) in [5.74, 6) is 1.66. The van der Waals surface area contributed by atoms with E-state index in [1.54, 1.807) is 5.92 Å². The number of hydrogen-bond donors (Lipinski definition) is 0. The molecule has 3 heteroatoms. The summed E-state index contributed by atoms with van der Waals surface area (Å²) in [6.45, 7) is 1.93. The van der Waals surface area contributed by atoms with Crippen LogP contribution in [-0.2, 0) is 0 Å². The Morgan fingerprint density at radius 3 is 1.56 bits per heavy atom. The molecule has 0 nitrogen and oxygen atoms in total. The van der Waals surface area contributed by atoms with Gasteiger partial charge in [-0.15, -0.1) is 6.42 Å². The first-order valence-corrected chi connectivity index (χ1v) is 2.36. The lowest BCUT2D eigenvalue weighted by Crippen LogP contribution is -2.30. The molecule has 0 unspecified atom stereocenters. The van der Waals surface area contributed by atoms with E-state index in [1.807, 2.05) is 0 Å². The molecule has 0 saturated heterocycles. The summed E-state index contributed by atoms with van der Waals surface area (Å²) in [4.78, 5) is 0. The minimum Gasteiger partial charge on any atom is -0.169 e. The second-order valence-electron chi connectivity index (χ2n) is 2.27. The number of rotatable bonds is 0. The predicted molar refractivity (Wildman–Crippen MR) is 28.7 cm³/mol. The van der Waals surface area contributed by atoms with Gasteiger partial charge < -0.3 is 0 Å². The second kappa shape index (κ2) is 1.94. The van der Waals surface area contributed by atoms with Crippen molar-refractivity contribution in [2.75, 3.05) is 0 Å². The van der Waals surface area contributed by atoms with Gasteiger partial charge in [0.15, 0.2) is 0 Å². The zero-order valence-electron chi connectivity index (χ0n) is 5.21. The van der Waals surface area contributed by atoms with Gasteiger partial charge in [0.05, 0.1) is 0 Å². The fraction of sp³-hybridized carbons (Fsp3) is 0.667. The van der Waals surface area contributed by atoms with Gasteiger partial charge in [-0.1, -0.05) is 5.92 Å². The first-order chi connectivity index (χ1) is 3.81. The standard InChI is InChI=1S/C6H7F3/c1-4-5(2,3)6(7,8)9/h1H,2-3H3. The minimum absolute atomic E-state index is 0.965. The SMILES string of the molecule is C#CC(C)(C)C(F)(F)F. The first-order valence-electron chi connectivity index (χ1n) is 2.36. The molecule has 0 spiro atoms. The van der Waals surface area contributed by atoms with Gasteiger partial charge in [0, 0.05) is 0 Å². The highest BCUT2D eigenvalue weighted by Crippen LogP contribution is 2.36. The third kappa shape index (κ3) is 1.63. The Kier molecular flexibility index (Phi) is 1.80. The molecule has 0 aliphatic heterocycles. The lowest BCUT2D eigenvalue weighted by molar-refractivity contribution is -0.190. The molecular weight excluding hydrogens is 129 g/mol. The van der Waals surface area contributed by atoms with E-state index in [2.05, 4.69) is 6.42 Å². The highest BCUT2D eigenvalue weighted by molar-refractivity contribution is 5.04. The number of terminal acetylenes is 1. The van der Waals surface area contributed by atoms with E-state index >= 15 is 0 Å². The van der Waals surface area contributed by atoms with Crippen molar-refractivity contribution >= 4 is 0 Å². The van der Waals surface area contributed by atoms with Gasteiger partial charge in [-0.25, -0.2) is 0 Å². The van der Waals surface area contributed by atoms with Gasteiger partial charge in [-0.3, -0.25) is 0 Å². The van der Waals surface area contributed by atoms with Crippen LogP contribution in [0.1, 0.15) is 13.8 Å². The molecule has 0 amide bonds. The van der Waals surface area contributed by atoms with E-state index in [9.17, 15) is 13.2 Å². The van der Waals surface area contributed by atoms with Crippen LogP contribution in [0, 0.1) is 17.8 Å². The van der Waals surface area contributed by atoms with Crippen LogP contribution in [0.15, 0.2) is 0 Å². The van der Waals surface area contributed by atoms with E-state index in [1.165, 1.54) is 0 Å².